The minimum absolute atomic E-state index is 0.162. The lowest BCUT2D eigenvalue weighted by Gasteiger charge is -2.35. The van der Waals surface area contributed by atoms with Crippen molar-refractivity contribution in [2.24, 2.45) is 11.8 Å². The molecule has 0 saturated carbocycles. The molecule has 24 heavy (non-hydrogen) atoms. The number of methoxy groups -OCH3 is 1. The molecule has 0 unspecified atom stereocenters. The highest BCUT2D eigenvalue weighted by Crippen LogP contribution is 2.29. The predicted octanol–water partition coefficient (Wildman–Crippen LogP) is 1.49. The van der Waals surface area contributed by atoms with E-state index in [1.54, 1.807) is 6.07 Å². The first-order valence-corrected chi connectivity index (χ1v) is 8.29. The van der Waals surface area contributed by atoms with Crippen molar-refractivity contribution in [3.05, 3.63) is 28.3 Å². The minimum Gasteiger partial charge on any atom is -0.496 e. The third-order valence-corrected chi connectivity index (χ3v) is 4.69. The number of anilines is 1. The number of nitrogens with one attached hydrogen (secondary N) is 2. The number of rotatable bonds is 5. The summed E-state index contributed by atoms with van der Waals surface area (Å²) in [5.74, 6) is 1.35. The van der Waals surface area contributed by atoms with Crippen molar-refractivity contribution in [3.8, 4) is 5.75 Å². The van der Waals surface area contributed by atoms with Gasteiger partial charge in [0.05, 0.1) is 31.2 Å². The molecule has 0 aliphatic carbocycles. The summed E-state index contributed by atoms with van der Waals surface area (Å²) >= 11 is 0. The highest BCUT2D eigenvalue weighted by Gasteiger charge is 2.33. The molecule has 7 nitrogen and oxygen atoms in total. The van der Waals surface area contributed by atoms with Crippen LogP contribution in [-0.2, 0) is 4.79 Å². The third-order valence-electron chi connectivity index (χ3n) is 4.69. The first kappa shape index (κ1) is 18.2. The fraction of sp³-hybridized carbons (Fsp3) is 0.588. The monoisotopic (exact) mass is 336 g/mol. The van der Waals surface area contributed by atoms with Crippen molar-refractivity contribution in [2.75, 3.05) is 25.5 Å². The zero-order valence-corrected chi connectivity index (χ0v) is 14.7. The molecule has 1 aliphatic heterocycles. The van der Waals surface area contributed by atoms with Crippen LogP contribution < -0.4 is 15.0 Å². The minimum atomic E-state index is -0.513. The number of carbonyl (C=O) groups is 1. The van der Waals surface area contributed by atoms with Crippen molar-refractivity contribution >= 4 is 17.3 Å². The Labute approximate surface area is 142 Å². The molecule has 1 aliphatic rings. The molecule has 1 heterocycles. The number of amides is 1. The Kier molecular flexibility index (Phi) is 5.77. The lowest BCUT2D eigenvalue weighted by atomic mass is 9.91. The van der Waals surface area contributed by atoms with Gasteiger partial charge in [0.2, 0.25) is 0 Å². The van der Waals surface area contributed by atoms with Crippen LogP contribution in [0, 0.1) is 22.0 Å². The number of nitro benzene ring substituents is 1. The fourth-order valence-electron chi connectivity index (χ4n) is 3.51. The van der Waals surface area contributed by atoms with Crippen LogP contribution in [0.4, 0.5) is 11.4 Å². The highest BCUT2D eigenvalue weighted by molar-refractivity contribution is 5.95. The molecule has 1 aromatic carbocycles. The maximum Gasteiger partial charge on any atom is 0.296 e. The van der Waals surface area contributed by atoms with E-state index >= 15 is 0 Å². The van der Waals surface area contributed by atoms with E-state index in [1.165, 1.54) is 30.6 Å². The Bertz CT molecular complexity index is 610. The largest absolute Gasteiger partial charge is 0.496 e. The third kappa shape index (κ3) is 4.23. The number of hydrogen-bond acceptors (Lipinski definition) is 4. The number of likely N-dealkylation sites (tertiary alicyclic amines) is 1. The van der Waals surface area contributed by atoms with Crippen LogP contribution in [-0.4, -0.2) is 37.1 Å². The van der Waals surface area contributed by atoms with Gasteiger partial charge in [0, 0.05) is 11.8 Å². The van der Waals surface area contributed by atoms with Crippen LogP contribution in [0.5, 0.6) is 5.75 Å². The van der Waals surface area contributed by atoms with Gasteiger partial charge in [0.1, 0.15) is 11.4 Å². The van der Waals surface area contributed by atoms with Crippen LogP contribution in [0.25, 0.3) is 0 Å². The fourth-order valence-corrected chi connectivity index (χ4v) is 3.51. The molecule has 0 radical (unpaired) electrons. The summed E-state index contributed by atoms with van der Waals surface area (Å²) in [6.45, 7) is 8.18. The van der Waals surface area contributed by atoms with E-state index in [4.69, 9.17) is 4.74 Å². The molecule has 1 aromatic rings. The Morgan fingerprint density at radius 1 is 1.38 bits per heavy atom. The first-order chi connectivity index (χ1) is 11.3. The first-order valence-electron chi connectivity index (χ1n) is 8.29. The van der Waals surface area contributed by atoms with Gasteiger partial charge in [-0.05, 0) is 25.5 Å². The molecule has 1 amide bonds. The Hall–Kier alpha value is -2.15. The van der Waals surface area contributed by atoms with E-state index in [0.717, 1.165) is 13.1 Å². The van der Waals surface area contributed by atoms with Crippen molar-refractivity contribution in [1.29, 1.82) is 0 Å². The average Bonchev–Trinajstić information content (AvgIpc) is 2.53. The molecule has 132 valence electrons. The topological polar surface area (TPSA) is 85.9 Å². The van der Waals surface area contributed by atoms with Crippen LogP contribution in [0.3, 0.4) is 0 Å². The lowest BCUT2D eigenvalue weighted by Crippen LogP contribution is -3.18. The number of ether oxygens (including phenoxy) is 1. The van der Waals surface area contributed by atoms with Gasteiger partial charge in [-0.15, -0.1) is 0 Å². The van der Waals surface area contributed by atoms with Crippen LogP contribution in [0.1, 0.15) is 27.2 Å². The van der Waals surface area contributed by atoms with Crippen molar-refractivity contribution in [2.45, 2.75) is 33.2 Å². The van der Waals surface area contributed by atoms with Gasteiger partial charge in [-0.25, -0.2) is 0 Å². The summed E-state index contributed by atoms with van der Waals surface area (Å²) in [5.41, 5.74) is 0.0421. The quantitative estimate of drug-likeness (QED) is 0.630. The summed E-state index contributed by atoms with van der Waals surface area (Å²) < 4.78 is 5.01. The number of benzene rings is 1. The predicted molar refractivity (Wildman–Crippen MR) is 91.4 cm³/mol. The van der Waals surface area contributed by atoms with Crippen LogP contribution in [0.15, 0.2) is 18.2 Å². The average molecular weight is 336 g/mol. The van der Waals surface area contributed by atoms with Gasteiger partial charge in [0.15, 0.2) is 6.04 Å². The van der Waals surface area contributed by atoms with E-state index in [9.17, 15) is 14.9 Å². The Morgan fingerprint density at radius 3 is 2.54 bits per heavy atom. The highest BCUT2D eigenvalue weighted by atomic mass is 16.6. The molecule has 1 fully saturated rings. The molecule has 2 rings (SSSR count). The second-order valence-electron chi connectivity index (χ2n) is 6.86. The summed E-state index contributed by atoms with van der Waals surface area (Å²) in [7, 11) is 1.45. The molecular formula is C17H26N3O4+. The molecule has 0 bridgehead atoms. The van der Waals surface area contributed by atoms with E-state index in [-0.39, 0.29) is 23.3 Å². The summed E-state index contributed by atoms with van der Waals surface area (Å²) in [4.78, 5) is 24.5. The number of hydrogen-bond donors (Lipinski definition) is 2. The Balaban J connectivity index is 2.12. The Morgan fingerprint density at radius 2 is 2.00 bits per heavy atom. The number of quaternary nitrogens is 1. The van der Waals surface area contributed by atoms with Crippen LogP contribution in [0.2, 0.25) is 0 Å². The van der Waals surface area contributed by atoms with Gasteiger partial charge in [-0.1, -0.05) is 13.8 Å². The molecular weight excluding hydrogens is 310 g/mol. The SMILES string of the molecule is COc1ccc(NC(=O)[C@H](C)[NH+]2C[C@H](C)C[C@@H](C)C2)c([N+](=O)[O-])c1. The molecule has 0 aromatic heterocycles. The molecule has 2 N–H and O–H groups in total. The van der Waals surface area contributed by atoms with E-state index < -0.39 is 4.92 Å². The standard InChI is InChI=1S/C17H25N3O4/c1-11-7-12(2)10-19(9-11)13(3)17(21)18-15-6-5-14(24-4)8-16(15)20(22)23/h5-6,8,11-13H,7,9-10H2,1-4H3,(H,18,21)/p+1/t11-,12-,13+/m1/s1. The summed E-state index contributed by atoms with van der Waals surface area (Å²) in [6.07, 6.45) is 1.18. The van der Waals surface area contributed by atoms with Crippen LogP contribution >= 0.6 is 0 Å². The zero-order valence-electron chi connectivity index (χ0n) is 14.7. The van der Waals surface area contributed by atoms with Gasteiger partial charge in [0.25, 0.3) is 11.6 Å². The lowest BCUT2D eigenvalue weighted by molar-refractivity contribution is -0.925. The zero-order chi connectivity index (χ0) is 17.9. The van der Waals surface area contributed by atoms with E-state index in [1.807, 2.05) is 6.92 Å². The van der Waals surface area contributed by atoms with Gasteiger partial charge >= 0.3 is 0 Å². The smallest absolute Gasteiger partial charge is 0.296 e. The van der Waals surface area contributed by atoms with Crippen molar-refractivity contribution in [3.63, 3.8) is 0 Å². The van der Waals surface area contributed by atoms with Crippen molar-refractivity contribution in [1.82, 2.24) is 0 Å². The van der Waals surface area contributed by atoms with Gasteiger partial charge in [-0.2, -0.15) is 0 Å². The number of nitro groups is 1. The number of piperidine rings is 1. The second-order valence-corrected chi connectivity index (χ2v) is 6.86. The van der Waals surface area contributed by atoms with Crippen molar-refractivity contribution < 1.29 is 19.4 Å². The van der Waals surface area contributed by atoms with Gasteiger partial charge in [-0.3, -0.25) is 14.9 Å². The molecule has 1 saturated heterocycles. The normalized spacial score (nSPS) is 24.9. The number of nitrogens with zero attached hydrogens (tertiary/aromatic N) is 1. The second kappa shape index (κ2) is 7.61. The maximum absolute atomic E-state index is 12.6. The molecule has 0 spiro atoms. The summed E-state index contributed by atoms with van der Waals surface area (Å²) in [5, 5.41) is 13.9. The van der Waals surface area contributed by atoms with E-state index in [0.29, 0.717) is 17.6 Å². The van der Waals surface area contributed by atoms with E-state index in [2.05, 4.69) is 19.2 Å². The molecule has 7 heteroatoms. The van der Waals surface area contributed by atoms with Gasteiger partial charge < -0.3 is 15.0 Å². The maximum atomic E-state index is 12.6. The molecule has 3 atom stereocenters. The summed E-state index contributed by atoms with van der Waals surface area (Å²) in [6, 6.07) is 4.18. The number of carbonyl (C=O) groups excluding carboxylic acids is 1.